The van der Waals surface area contributed by atoms with Crippen molar-refractivity contribution in [3.63, 3.8) is 0 Å². The van der Waals surface area contributed by atoms with E-state index in [2.05, 4.69) is 15.5 Å². The zero-order valence-corrected chi connectivity index (χ0v) is 15.9. The number of nitrogens with two attached hydrogens (primary N) is 2. The van der Waals surface area contributed by atoms with Gasteiger partial charge in [0.05, 0.1) is 11.6 Å². The van der Waals surface area contributed by atoms with Crippen molar-refractivity contribution >= 4 is 23.3 Å². The van der Waals surface area contributed by atoms with E-state index in [-0.39, 0.29) is 23.1 Å². The smallest absolute Gasteiger partial charge is 0.461 e. The van der Waals surface area contributed by atoms with Crippen molar-refractivity contribution < 1.29 is 27.4 Å². The Morgan fingerprint density at radius 2 is 1.76 bits per heavy atom. The standard InChI is InChI=1S/C18H18ClF3N4O3/c1-2-28-17(27)15(26-24)16(23)25-12-6-3-10(4-7-12)11-5-8-14(13(19)9-11)29-18(20,21)22/h3-9,25-26H,2,23-24H2,1H3/b16-15+. The second-order valence-corrected chi connectivity index (χ2v) is 5.96. The molecule has 156 valence electrons. The van der Waals surface area contributed by atoms with Crippen LogP contribution in [0.15, 0.2) is 54.0 Å². The van der Waals surface area contributed by atoms with Gasteiger partial charge in [0, 0.05) is 5.69 Å². The number of nitrogens with one attached hydrogen (secondary N) is 2. The SMILES string of the molecule is CCOC(=O)/C(NN)=C(/N)Nc1ccc(-c2ccc(OC(F)(F)F)c(Cl)c2)cc1. The van der Waals surface area contributed by atoms with Crippen molar-refractivity contribution in [1.29, 1.82) is 0 Å². The van der Waals surface area contributed by atoms with Crippen LogP contribution in [0, 0.1) is 0 Å². The molecule has 0 amide bonds. The first kappa shape index (κ1) is 22.2. The van der Waals surface area contributed by atoms with E-state index >= 15 is 0 Å². The lowest BCUT2D eigenvalue weighted by atomic mass is 10.1. The van der Waals surface area contributed by atoms with Crippen molar-refractivity contribution in [1.82, 2.24) is 5.43 Å². The van der Waals surface area contributed by atoms with Gasteiger partial charge in [0.25, 0.3) is 0 Å². The molecule has 0 saturated carbocycles. The third-order valence-electron chi connectivity index (χ3n) is 3.55. The van der Waals surface area contributed by atoms with Crippen molar-refractivity contribution in [2.45, 2.75) is 13.3 Å². The summed E-state index contributed by atoms with van der Waals surface area (Å²) < 4.78 is 45.6. The highest BCUT2D eigenvalue weighted by Gasteiger charge is 2.32. The summed E-state index contributed by atoms with van der Waals surface area (Å²) in [6, 6.07) is 10.6. The highest BCUT2D eigenvalue weighted by molar-refractivity contribution is 6.32. The minimum Gasteiger partial charge on any atom is -0.461 e. The van der Waals surface area contributed by atoms with Crippen LogP contribution in [0.3, 0.4) is 0 Å². The average molecular weight is 431 g/mol. The number of alkyl halides is 3. The van der Waals surface area contributed by atoms with Gasteiger partial charge < -0.3 is 25.9 Å². The number of carbonyl (C=O) groups is 1. The molecular weight excluding hydrogens is 413 g/mol. The number of rotatable bonds is 7. The molecule has 2 aromatic carbocycles. The van der Waals surface area contributed by atoms with Crippen LogP contribution in [0.4, 0.5) is 18.9 Å². The fourth-order valence-electron chi connectivity index (χ4n) is 2.30. The second-order valence-electron chi connectivity index (χ2n) is 5.55. The lowest BCUT2D eigenvalue weighted by Crippen LogP contribution is -2.33. The molecule has 0 unspecified atom stereocenters. The minimum atomic E-state index is -4.83. The fraction of sp³-hybridized carbons (Fsp3) is 0.167. The van der Waals surface area contributed by atoms with Gasteiger partial charge in [-0.1, -0.05) is 29.8 Å². The van der Waals surface area contributed by atoms with Crippen LogP contribution in [-0.4, -0.2) is 18.9 Å². The monoisotopic (exact) mass is 430 g/mol. The van der Waals surface area contributed by atoms with Gasteiger partial charge in [-0.25, -0.2) is 4.79 Å². The van der Waals surface area contributed by atoms with Crippen molar-refractivity contribution in [3.8, 4) is 16.9 Å². The first-order valence-corrected chi connectivity index (χ1v) is 8.58. The van der Waals surface area contributed by atoms with Crippen LogP contribution < -0.4 is 27.1 Å². The Kier molecular flexibility index (Phi) is 7.18. The normalized spacial score (nSPS) is 12.1. The zero-order chi connectivity index (χ0) is 21.6. The molecule has 7 nitrogen and oxygen atoms in total. The van der Waals surface area contributed by atoms with Crippen molar-refractivity contribution in [3.05, 3.63) is 59.0 Å². The van der Waals surface area contributed by atoms with Gasteiger partial charge >= 0.3 is 12.3 Å². The number of esters is 1. The van der Waals surface area contributed by atoms with Crippen LogP contribution in [-0.2, 0) is 9.53 Å². The van der Waals surface area contributed by atoms with Crippen LogP contribution in [0.2, 0.25) is 5.02 Å². The van der Waals surface area contributed by atoms with Gasteiger partial charge in [-0.3, -0.25) is 5.84 Å². The Balaban J connectivity index is 2.18. The number of carbonyl (C=O) groups excluding carboxylic acids is 1. The Bertz CT molecular complexity index is 902. The highest BCUT2D eigenvalue weighted by Crippen LogP contribution is 2.34. The van der Waals surface area contributed by atoms with Crippen LogP contribution in [0.5, 0.6) is 5.75 Å². The molecule has 0 spiro atoms. The van der Waals surface area contributed by atoms with E-state index in [1.807, 2.05) is 0 Å². The molecule has 0 aliphatic carbocycles. The second kappa shape index (κ2) is 9.39. The number of anilines is 1. The summed E-state index contributed by atoms with van der Waals surface area (Å²) in [4.78, 5) is 11.8. The summed E-state index contributed by atoms with van der Waals surface area (Å²) in [5, 5.41) is 2.62. The summed E-state index contributed by atoms with van der Waals surface area (Å²) in [7, 11) is 0. The number of hydrogen-bond donors (Lipinski definition) is 4. The lowest BCUT2D eigenvalue weighted by Gasteiger charge is -2.13. The summed E-state index contributed by atoms with van der Waals surface area (Å²) in [6.07, 6.45) is -4.83. The number of hydrogen-bond acceptors (Lipinski definition) is 7. The van der Waals surface area contributed by atoms with Crippen LogP contribution in [0.1, 0.15) is 6.92 Å². The molecule has 0 saturated heterocycles. The Morgan fingerprint density at radius 3 is 2.28 bits per heavy atom. The van der Waals surface area contributed by atoms with Crippen LogP contribution >= 0.6 is 11.6 Å². The van der Waals surface area contributed by atoms with E-state index in [1.54, 1.807) is 31.2 Å². The van der Waals surface area contributed by atoms with E-state index in [0.717, 1.165) is 6.07 Å². The molecule has 0 aliphatic rings. The molecular formula is C18H18ClF3N4O3. The maximum Gasteiger partial charge on any atom is 0.573 e. The molecule has 2 aromatic rings. The molecule has 0 atom stereocenters. The Labute approximate surface area is 169 Å². The number of ether oxygens (including phenoxy) is 2. The Hall–Kier alpha value is -3.11. The molecule has 29 heavy (non-hydrogen) atoms. The van der Waals surface area contributed by atoms with E-state index in [9.17, 15) is 18.0 Å². The van der Waals surface area contributed by atoms with Gasteiger partial charge in [-0.2, -0.15) is 0 Å². The summed E-state index contributed by atoms with van der Waals surface area (Å²) in [5.74, 6) is 4.05. The highest BCUT2D eigenvalue weighted by atomic mass is 35.5. The predicted octanol–water partition coefficient (Wildman–Crippen LogP) is 3.47. The summed E-state index contributed by atoms with van der Waals surface area (Å²) in [6.45, 7) is 1.80. The summed E-state index contributed by atoms with van der Waals surface area (Å²) in [5.41, 5.74) is 9.67. The quantitative estimate of drug-likeness (QED) is 0.230. The van der Waals surface area contributed by atoms with Gasteiger partial charge in [0.1, 0.15) is 11.6 Å². The topological polar surface area (TPSA) is 112 Å². The van der Waals surface area contributed by atoms with Crippen molar-refractivity contribution in [2.75, 3.05) is 11.9 Å². The maximum absolute atomic E-state index is 12.3. The molecule has 0 radical (unpaired) electrons. The molecule has 0 heterocycles. The molecule has 11 heteroatoms. The molecule has 0 aliphatic heterocycles. The molecule has 0 fully saturated rings. The van der Waals surface area contributed by atoms with E-state index < -0.39 is 18.1 Å². The van der Waals surface area contributed by atoms with Crippen LogP contribution in [0.25, 0.3) is 11.1 Å². The van der Waals surface area contributed by atoms with Gasteiger partial charge in [-0.15, -0.1) is 13.2 Å². The Morgan fingerprint density at radius 1 is 1.14 bits per heavy atom. The lowest BCUT2D eigenvalue weighted by molar-refractivity contribution is -0.274. The molecule has 0 aromatic heterocycles. The summed E-state index contributed by atoms with van der Waals surface area (Å²) >= 11 is 5.87. The van der Waals surface area contributed by atoms with E-state index in [0.29, 0.717) is 16.8 Å². The largest absolute Gasteiger partial charge is 0.573 e. The van der Waals surface area contributed by atoms with Gasteiger partial charge in [0.2, 0.25) is 0 Å². The minimum absolute atomic E-state index is 0.0459. The van der Waals surface area contributed by atoms with Gasteiger partial charge in [-0.05, 0) is 42.3 Å². The maximum atomic E-state index is 12.3. The predicted molar refractivity (Wildman–Crippen MR) is 102 cm³/mol. The third-order valence-corrected chi connectivity index (χ3v) is 3.84. The van der Waals surface area contributed by atoms with E-state index in [1.165, 1.54) is 12.1 Å². The van der Waals surface area contributed by atoms with E-state index in [4.69, 9.17) is 27.9 Å². The first-order chi connectivity index (χ1) is 13.6. The average Bonchev–Trinajstić information content (AvgIpc) is 2.64. The van der Waals surface area contributed by atoms with Gasteiger partial charge in [0.15, 0.2) is 5.70 Å². The molecule has 0 bridgehead atoms. The number of hydrazine groups is 1. The number of halogens is 4. The molecule has 6 N–H and O–H groups in total. The first-order valence-electron chi connectivity index (χ1n) is 8.20. The third kappa shape index (κ3) is 6.19. The molecule has 2 rings (SSSR count). The zero-order valence-electron chi connectivity index (χ0n) is 15.1. The van der Waals surface area contributed by atoms with Crippen molar-refractivity contribution in [2.24, 2.45) is 11.6 Å². The fourth-order valence-corrected chi connectivity index (χ4v) is 2.52. The number of benzene rings is 2.